The molecule has 1 aromatic carbocycles. The van der Waals surface area contributed by atoms with Crippen molar-refractivity contribution in [2.24, 2.45) is 0 Å². The lowest BCUT2D eigenvalue weighted by Crippen LogP contribution is -2.22. The summed E-state index contributed by atoms with van der Waals surface area (Å²) in [5.41, 5.74) is -0.221. The molecule has 0 fully saturated rings. The van der Waals surface area contributed by atoms with Crippen molar-refractivity contribution in [3.05, 3.63) is 68.3 Å². The van der Waals surface area contributed by atoms with Gasteiger partial charge in [-0.15, -0.1) is 17.9 Å². The maximum Gasteiger partial charge on any atom is 0.284 e. The van der Waals surface area contributed by atoms with Crippen molar-refractivity contribution < 1.29 is 4.92 Å². The highest BCUT2D eigenvalue weighted by Gasteiger charge is 2.19. The maximum absolute atomic E-state index is 12.6. The summed E-state index contributed by atoms with van der Waals surface area (Å²) in [6.45, 7) is 3.88. The topological polar surface area (TPSA) is 102 Å². The summed E-state index contributed by atoms with van der Waals surface area (Å²) in [6, 6.07) is 7.78. The van der Waals surface area contributed by atoms with E-state index in [2.05, 4.69) is 11.6 Å². The van der Waals surface area contributed by atoms with Gasteiger partial charge in [-0.3, -0.25) is 19.5 Å². The highest BCUT2D eigenvalue weighted by atomic mass is 32.2. The standard InChI is InChI=1S/C16H10N4O3S2/c1-2-6-19-15(21)11-5-7-24-14(11)18-16(19)25-13-4-3-10(9-17)8-12(13)20(22)23/h2-5,7-8H,1,6H2. The van der Waals surface area contributed by atoms with Crippen LogP contribution in [-0.4, -0.2) is 14.5 Å². The van der Waals surface area contributed by atoms with Crippen LogP contribution in [-0.2, 0) is 6.54 Å². The third kappa shape index (κ3) is 3.17. The monoisotopic (exact) mass is 370 g/mol. The van der Waals surface area contributed by atoms with Gasteiger partial charge in [0.2, 0.25) is 0 Å². The Bertz CT molecular complexity index is 1090. The molecule has 0 saturated carbocycles. The maximum atomic E-state index is 12.6. The van der Waals surface area contributed by atoms with Gasteiger partial charge in [-0.25, -0.2) is 4.98 Å². The van der Waals surface area contributed by atoms with Crippen LogP contribution in [0.25, 0.3) is 10.2 Å². The molecule has 124 valence electrons. The van der Waals surface area contributed by atoms with E-state index in [0.717, 1.165) is 11.8 Å². The molecule has 3 aromatic rings. The fraction of sp³-hybridized carbons (Fsp3) is 0.0625. The Balaban J connectivity index is 2.16. The van der Waals surface area contributed by atoms with E-state index < -0.39 is 4.92 Å². The van der Waals surface area contributed by atoms with Gasteiger partial charge in [0.05, 0.1) is 26.8 Å². The number of benzene rings is 1. The van der Waals surface area contributed by atoms with E-state index >= 15 is 0 Å². The van der Waals surface area contributed by atoms with Crippen molar-refractivity contribution in [2.45, 2.75) is 16.6 Å². The Kier molecular flexibility index (Phi) is 4.65. The lowest BCUT2D eigenvalue weighted by atomic mass is 10.2. The molecule has 2 heterocycles. The first-order valence-electron chi connectivity index (χ1n) is 7.00. The number of hydrogen-bond donors (Lipinski definition) is 0. The second kappa shape index (κ2) is 6.88. The zero-order valence-electron chi connectivity index (χ0n) is 12.7. The fourth-order valence-corrected chi connectivity index (χ4v) is 4.00. The van der Waals surface area contributed by atoms with Gasteiger partial charge >= 0.3 is 0 Å². The van der Waals surface area contributed by atoms with Crippen molar-refractivity contribution in [3.63, 3.8) is 0 Å². The minimum Gasteiger partial charge on any atom is -0.283 e. The molecule has 0 radical (unpaired) electrons. The van der Waals surface area contributed by atoms with E-state index in [0.29, 0.717) is 20.3 Å². The molecule has 3 rings (SSSR count). The zero-order chi connectivity index (χ0) is 18.0. The minimum atomic E-state index is -0.553. The number of nitrogens with zero attached hydrogens (tertiary/aromatic N) is 4. The predicted molar refractivity (Wildman–Crippen MR) is 96.0 cm³/mol. The SMILES string of the molecule is C=CCn1c(Sc2ccc(C#N)cc2[N+](=O)[O-])nc2sccc2c1=O. The highest BCUT2D eigenvalue weighted by Crippen LogP contribution is 2.35. The summed E-state index contributed by atoms with van der Waals surface area (Å²) in [7, 11) is 0. The number of nitro benzene ring substituents is 1. The Morgan fingerprint density at radius 3 is 2.96 bits per heavy atom. The van der Waals surface area contributed by atoms with Crippen LogP contribution in [0.15, 0.2) is 57.1 Å². The van der Waals surface area contributed by atoms with Crippen LogP contribution in [0.4, 0.5) is 5.69 Å². The van der Waals surface area contributed by atoms with Gasteiger partial charge < -0.3 is 0 Å². The average Bonchev–Trinajstić information content (AvgIpc) is 3.07. The van der Waals surface area contributed by atoms with Crippen LogP contribution < -0.4 is 5.56 Å². The number of fused-ring (bicyclic) bond motifs is 1. The largest absolute Gasteiger partial charge is 0.284 e. The van der Waals surface area contributed by atoms with Gasteiger partial charge in [-0.2, -0.15) is 5.26 Å². The van der Waals surface area contributed by atoms with E-state index in [9.17, 15) is 14.9 Å². The molecule has 25 heavy (non-hydrogen) atoms. The quantitative estimate of drug-likeness (QED) is 0.294. The van der Waals surface area contributed by atoms with Crippen molar-refractivity contribution >= 4 is 39.0 Å². The number of allylic oxidation sites excluding steroid dienone is 1. The molecule has 0 amide bonds. The van der Waals surface area contributed by atoms with Crippen molar-refractivity contribution in [3.8, 4) is 6.07 Å². The summed E-state index contributed by atoms with van der Waals surface area (Å²) < 4.78 is 1.43. The zero-order valence-corrected chi connectivity index (χ0v) is 14.3. The van der Waals surface area contributed by atoms with E-state index in [1.807, 2.05) is 6.07 Å². The molecule has 0 aliphatic heterocycles. The second-order valence-corrected chi connectivity index (χ2v) is 6.80. The molecule has 0 aliphatic rings. The fourth-order valence-electron chi connectivity index (χ4n) is 2.21. The molecule has 7 nitrogen and oxygen atoms in total. The van der Waals surface area contributed by atoms with Crippen LogP contribution in [0.3, 0.4) is 0 Å². The second-order valence-electron chi connectivity index (χ2n) is 4.89. The van der Waals surface area contributed by atoms with Crippen LogP contribution in [0.1, 0.15) is 5.56 Å². The van der Waals surface area contributed by atoms with Crippen LogP contribution in [0, 0.1) is 21.4 Å². The van der Waals surface area contributed by atoms with Gasteiger partial charge in [-0.1, -0.05) is 6.08 Å². The molecule has 0 N–H and O–H groups in total. The highest BCUT2D eigenvalue weighted by molar-refractivity contribution is 7.99. The van der Waals surface area contributed by atoms with Crippen molar-refractivity contribution in [2.75, 3.05) is 0 Å². The molecular weight excluding hydrogens is 360 g/mol. The summed E-state index contributed by atoms with van der Waals surface area (Å²) in [4.78, 5) is 28.7. The Hall–Kier alpha value is -2.96. The van der Waals surface area contributed by atoms with E-state index in [1.165, 1.54) is 34.1 Å². The lowest BCUT2D eigenvalue weighted by molar-refractivity contribution is -0.387. The predicted octanol–water partition coefficient (Wildman–Crippen LogP) is 3.58. The van der Waals surface area contributed by atoms with Crippen molar-refractivity contribution in [1.82, 2.24) is 9.55 Å². The van der Waals surface area contributed by atoms with Gasteiger partial charge in [0, 0.05) is 12.6 Å². The lowest BCUT2D eigenvalue weighted by Gasteiger charge is -2.10. The molecule has 0 bridgehead atoms. The molecule has 9 heteroatoms. The smallest absolute Gasteiger partial charge is 0.283 e. The molecular formula is C16H10N4O3S2. The number of hydrogen-bond acceptors (Lipinski definition) is 7. The molecule has 0 spiro atoms. The number of aromatic nitrogens is 2. The van der Waals surface area contributed by atoms with Gasteiger partial charge in [0.15, 0.2) is 5.16 Å². The normalized spacial score (nSPS) is 10.5. The van der Waals surface area contributed by atoms with Gasteiger partial charge in [-0.05, 0) is 35.3 Å². The van der Waals surface area contributed by atoms with Gasteiger partial charge in [0.25, 0.3) is 11.2 Å². The molecule has 0 atom stereocenters. The molecule has 2 aromatic heterocycles. The summed E-state index contributed by atoms with van der Waals surface area (Å²) in [5, 5.41) is 22.9. The van der Waals surface area contributed by atoms with Gasteiger partial charge in [0.1, 0.15) is 4.83 Å². The first-order valence-corrected chi connectivity index (χ1v) is 8.70. The number of nitriles is 1. The Morgan fingerprint density at radius 1 is 1.48 bits per heavy atom. The molecule has 0 unspecified atom stereocenters. The van der Waals surface area contributed by atoms with E-state index in [4.69, 9.17) is 5.26 Å². The van der Waals surface area contributed by atoms with E-state index in [-0.39, 0.29) is 23.4 Å². The molecule has 0 aliphatic carbocycles. The molecule has 0 saturated heterocycles. The van der Waals surface area contributed by atoms with E-state index in [1.54, 1.807) is 17.5 Å². The summed E-state index contributed by atoms with van der Waals surface area (Å²) >= 11 is 2.35. The van der Waals surface area contributed by atoms with Crippen molar-refractivity contribution in [1.29, 1.82) is 5.26 Å². The third-order valence-corrected chi connectivity index (χ3v) is 5.21. The number of thiophene rings is 1. The Morgan fingerprint density at radius 2 is 2.28 bits per heavy atom. The summed E-state index contributed by atoms with van der Waals surface area (Å²) in [6.07, 6.45) is 1.57. The van der Waals surface area contributed by atoms with Crippen LogP contribution in [0.5, 0.6) is 0 Å². The number of rotatable bonds is 5. The number of nitro groups is 1. The summed E-state index contributed by atoms with van der Waals surface area (Å²) in [5.74, 6) is 0. The first-order chi connectivity index (χ1) is 12.0. The van der Waals surface area contributed by atoms with Crippen LogP contribution in [0.2, 0.25) is 0 Å². The average molecular weight is 370 g/mol. The first kappa shape index (κ1) is 16.9. The van der Waals surface area contributed by atoms with Crippen LogP contribution >= 0.6 is 23.1 Å². The Labute approximate surface area is 150 Å². The minimum absolute atomic E-state index is 0.196. The third-order valence-electron chi connectivity index (χ3n) is 3.35.